The standard InChI is InChI=1S/C13H15F4N3O/c14-11-10(2-1-4-18-11)12(21)19-6-9-3-5-20(7-9)8-13(15,16)17/h1-2,4,9H,3,5-8H2,(H,19,21). The van der Waals surface area contributed by atoms with Crippen molar-refractivity contribution in [3.63, 3.8) is 0 Å². The Labute approximate surface area is 119 Å². The van der Waals surface area contributed by atoms with Gasteiger partial charge in [-0.25, -0.2) is 4.98 Å². The summed E-state index contributed by atoms with van der Waals surface area (Å²) in [5.74, 6) is -1.52. The lowest BCUT2D eigenvalue weighted by Gasteiger charge is -2.18. The molecule has 4 nitrogen and oxygen atoms in total. The van der Waals surface area contributed by atoms with E-state index in [4.69, 9.17) is 0 Å². The van der Waals surface area contributed by atoms with Crippen LogP contribution >= 0.6 is 0 Å². The number of halogens is 4. The number of carbonyl (C=O) groups excluding carboxylic acids is 1. The number of likely N-dealkylation sites (tertiary alicyclic amines) is 1. The molecule has 2 heterocycles. The average molecular weight is 305 g/mol. The van der Waals surface area contributed by atoms with Crippen LogP contribution in [0.5, 0.6) is 0 Å². The maximum absolute atomic E-state index is 13.3. The molecule has 0 aliphatic carbocycles. The summed E-state index contributed by atoms with van der Waals surface area (Å²) in [6, 6.07) is 2.75. The summed E-state index contributed by atoms with van der Waals surface area (Å²) in [4.78, 5) is 16.4. The van der Waals surface area contributed by atoms with Crippen molar-refractivity contribution in [3.05, 3.63) is 29.8 Å². The van der Waals surface area contributed by atoms with Gasteiger partial charge in [-0.05, 0) is 31.0 Å². The Morgan fingerprint density at radius 3 is 2.90 bits per heavy atom. The largest absolute Gasteiger partial charge is 0.401 e. The molecule has 0 spiro atoms. The molecule has 2 rings (SSSR count). The van der Waals surface area contributed by atoms with E-state index >= 15 is 0 Å². The van der Waals surface area contributed by atoms with E-state index in [-0.39, 0.29) is 24.6 Å². The van der Waals surface area contributed by atoms with Crippen LogP contribution in [0.15, 0.2) is 18.3 Å². The Balaban J connectivity index is 1.80. The van der Waals surface area contributed by atoms with Gasteiger partial charge >= 0.3 is 6.18 Å². The van der Waals surface area contributed by atoms with Crippen LogP contribution in [0.3, 0.4) is 0 Å². The van der Waals surface area contributed by atoms with Gasteiger partial charge in [0.25, 0.3) is 5.91 Å². The zero-order valence-corrected chi connectivity index (χ0v) is 11.2. The predicted molar refractivity (Wildman–Crippen MR) is 67.1 cm³/mol. The van der Waals surface area contributed by atoms with Gasteiger partial charge in [0.05, 0.1) is 12.1 Å². The van der Waals surface area contributed by atoms with Gasteiger partial charge in [-0.2, -0.15) is 17.6 Å². The summed E-state index contributed by atoms with van der Waals surface area (Å²) < 4.78 is 50.0. The van der Waals surface area contributed by atoms with E-state index in [9.17, 15) is 22.4 Å². The third-order valence-electron chi connectivity index (χ3n) is 3.33. The molecule has 116 valence electrons. The number of nitrogens with zero attached hydrogens (tertiary/aromatic N) is 2. The molecule has 1 aliphatic heterocycles. The average Bonchev–Trinajstić information content (AvgIpc) is 2.82. The lowest BCUT2D eigenvalue weighted by Crippen LogP contribution is -2.35. The van der Waals surface area contributed by atoms with Crippen LogP contribution < -0.4 is 5.32 Å². The number of amides is 1. The van der Waals surface area contributed by atoms with Gasteiger partial charge in [0, 0.05) is 19.3 Å². The second-order valence-corrected chi connectivity index (χ2v) is 5.06. The highest BCUT2D eigenvalue weighted by Gasteiger charge is 2.34. The summed E-state index contributed by atoms with van der Waals surface area (Å²) in [5, 5.41) is 2.54. The molecule has 0 saturated carbocycles. The Morgan fingerprint density at radius 2 is 2.24 bits per heavy atom. The van der Waals surface area contributed by atoms with Crippen molar-refractivity contribution in [2.45, 2.75) is 12.6 Å². The molecule has 0 radical (unpaired) electrons. The first kappa shape index (κ1) is 15.7. The summed E-state index contributed by atoms with van der Waals surface area (Å²) in [6.45, 7) is -0.0905. The number of alkyl halides is 3. The molecule has 1 aliphatic rings. The van der Waals surface area contributed by atoms with Gasteiger partial charge in [-0.1, -0.05) is 0 Å². The number of pyridine rings is 1. The van der Waals surface area contributed by atoms with Crippen LogP contribution in [-0.2, 0) is 0 Å². The first-order valence-corrected chi connectivity index (χ1v) is 6.53. The molecule has 1 unspecified atom stereocenters. The van der Waals surface area contributed by atoms with Crippen molar-refractivity contribution in [3.8, 4) is 0 Å². The summed E-state index contributed by atoms with van der Waals surface area (Å²) in [5.41, 5.74) is -0.164. The van der Waals surface area contributed by atoms with E-state index in [1.807, 2.05) is 0 Å². The van der Waals surface area contributed by atoms with Crippen LogP contribution in [0.25, 0.3) is 0 Å². The molecule has 21 heavy (non-hydrogen) atoms. The molecule has 8 heteroatoms. The van der Waals surface area contributed by atoms with Crippen molar-refractivity contribution < 1.29 is 22.4 Å². The predicted octanol–water partition coefficient (Wildman–Crippen LogP) is 1.83. The van der Waals surface area contributed by atoms with Crippen LogP contribution in [0.2, 0.25) is 0 Å². The van der Waals surface area contributed by atoms with Crippen LogP contribution in [0.4, 0.5) is 17.6 Å². The van der Waals surface area contributed by atoms with Crippen LogP contribution in [0.1, 0.15) is 16.8 Å². The number of rotatable bonds is 4. The molecule has 1 amide bonds. The van der Waals surface area contributed by atoms with E-state index in [2.05, 4.69) is 10.3 Å². The van der Waals surface area contributed by atoms with Gasteiger partial charge in [0.1, 0.15) is 0 Å². The topological polar surface area (TPSA) is 45.2 Å². The van der Waals surface area contributed by atoms with Gasteiger partial charge < -0.3 is 5.32 Å². The molecule has 1 atom stereocenters. The molecule has 1 fully saturated rings. The van der Waals surface area contributed by atoms with Gasteiger partial charge in [-0.15, -0.1) is 0 Å². The zero-order valence-electron chi connectivity index (χ0n) is 11.2. The third-order valence-corrected chi connectivity index (χ3v) is 3.33. The number of hydrogen-bond donors (Lipinski definition) is 1. The highest BCUT2D eigenvalue weighted by atomic mass is 19.4. The van der Waals surface area contributed by atoms with E-state index in [0.29, 0.717) is 13.0 Å². The lowest BCUT2D eigenvalue weighted by molar-refractivity contribution is -0.143. The molecule has 1 saturated heterocycles. The third kappa shape index (κ3) is 4.66. The minimum absolute atomic E-state index is 0.0592. The first-order chi connectivity index (χ1) is 9.85. The molecule has 0 aromatic carbocycles. The fourth-order valence-electron chi connectivity index (χ4n) is 2.36. The molecular weight excluding hydrogens is 290 g/mol. The van der Waals surface area contributed by atoms with Gasteiger partial charge in [-0.3, -0.25) is 9.69 Å². The molecule has 0 bridgehead atoms. The number of carbonyl (C=O) groups is 1. The van der Waals surface area contributed by atoms with E-state index < -0.39 is 24.6 Å². The van der Waals surface area contributed by atoms with E-state index in [0.717, 1.165) is 0 Å². The summed E-state index contributed by atoms with van der Waals surface area (Å²) in [6.07, 6.45) is -2.40. The van der Waals surface area contributed by atoms with Crippen molar-refractivity contribution in [1.29, 1.82) is 0 Å². The van der Waals surface area contributed by atoms with Crippen molar-refractivity contribution in [1.82, 2.24) is 15.2 Å². The number of hydrogen-bond acceptors (Lipinski definition) is 3. The van der Waals surface area contributed by atoms with Crippen molar-refractivity contribution in [2.24, 2.45) is 5.92 Å². The van der Waals surface area contributed by atoms with Crippen molar-refractivity contribution in [2.75, 3.05) is 26.2 Å². The monoisotopic (exact) mass is 305 g/mol. The van der Waals surface area contributed by atoms with Crippen LogP contribution in [0, 0.1) is 11.9 Å². The zero-order chi connectivity index (χ0) is 15.5. The maximum Gasteiger partial charge on any atom is 0.401 e. The van der Waals surface area contributed by atoms with E-state index in [1.165, 1.54) is 23.2 Å². The maximum atomic E-state index is 13.3. The molecular formula is C13H15F4N3O. The van der Waals surface area contributed by atoms with E-state index in [1.54, 1.807) is 0 Å². The Kier molecular flexibility index (Phi) is 4.76. The Morgan fingerprint density at radius 1 is 1.48 bits per heavy atom. The first-order valence-electron chi connectivity index (χ1n) is 6.53. The molecule has 1 aromatic rings. The highest BCUT2D eigenvalue weighted by molar-refractivity contribution is 5.94. The highest BCUT2D eigenvalue weighted by Crippen LogP contribution is 2.22. The van der Waals surface area contributed by atoms with Gasteiger partial charge in [0.2, 0.25) is 5.95 Å². The normalized spacial score (nSPS) is 19.7. The SMILES string of the molecule is O=C(NCC1CCN(CC(F)(F)F)C1)c1cccnc1F. The fraction of sp³-hybridized carbons (Fsp3) is 0.538. The fourth-order valence-corrected chi connectivity index (χ4v) is 2.36. The minimum Gasteiger partial charge on any atom is -0.352 e. The smallest absolute Gasteiger partial charge is 0.352 e. The lowest BCUT2D eigenvalue weighted by atomic mass is 10.1. The Bertz CT molecular complexity index is 506. The van der Waals surface area contributed by atoms with Crippen LogP contribution in [-0.4, -0.2) is 48.1 Å². The molecule has 1 aromatic heterocycles. The quantitative estimate of drug-likeness (QED) is 0.682. The number of nitrogens with one attached hydrogen (secondary N) is 1. The minimum atomic E-state index is -4.21. The molecule has 1 N–H and O–H groups in total. The second kappa shape index (κ2) is 6.38. The summed E-state index contributed by atoms with van der Waals surface area (Å²) >= 11 is 0. The second-order valence-electron chi connectivity index (χ2n) is 5.06. The number of aromatic nitrogens is 1. The Hall–Kier alpha value is -1.70. The van der Waals surface area contributed by atoms with Gasteiger partial charge in [0.15, 0.2) is 0 Å². The van der Waals surface area contributed by atoms with Crippen molar-refractivity contribution >= 4 is 5.91 Å². The summed E-state index contributed by atoms with van der Waals surface area (Å²) in [7, 11) is 0.